The van der Waals surface area contributed by atoms with Gasteiger partial charge in [-0.2, -0.15) is 22.0 Å². The van der Waals surface area contributed by atoms with Crippen LogP contribution in [0.4, 0.5) is 22.0 Å². The first-order valence-corrected chi connectivity index (χ1v) is 6.84. The fourth-order valence-corrected chi connectivity index (χ4v) is 2.57. The monoisotopic (exact) mass is 330 g/mol. The van der Waals surface area contributed by atoms with Crippen molar-refractivity contribution in [3.63, 3.8) is 0 Å². The number of nitrogens with zero attached hydrogens (tertiary/aromatic N) is 1. The molecular weight excluding hydrogens is 319 g/mol. The molecule has 1 aliphatic carbocycles. The minimum Gasteiger partial charge on any atom is -0.383 e. The molecule has 0 unspecified atom stereocenters. The Morgan fingerprint density at radius 3 is 2.43 bits per heavy atom. The number of thiazole rings is 1. The second-order valence-electron chi connectivity index (χ2n) is 4.77. The van der Waals surface area contributed by atoms with Gasteiger partial charge in [0.05, 0.1) is 6.54 Å². The molecule has 0 aromatic carbocycles. The first kappa shape index (κ1) is 16.1. The number of hydrogen-bond donors (Lipinski definition) is 2. The molecule has 118 valence electrons. The maximum atomic E-state index is 13.7. The summed E-state index contributed by atoms with van der Waals surface area (Å²) in [5.41, 5.74) is -3.50. The summed E-state index contributed by atoms with van der Waals surface area (Å²) in [5.74, 6) is -5.69. The van der Waals surface area contributed by atoms with E-state index in [1.165, 1.54) is 0 Å². The van der Waals surface area contributed by atoms with Crippen molar-refractivity contribution in [2.45, 2.75) is 43.5 Å². The first-order valence-electron chi connectivity index (χ1n) is 5.96. The normalized spacial score (nSPS) is 18.2. The lowest BCUT2D eigenvalue weighted by Crippen LogP contribution is -2.60. The fourth-order valence-electron chi connectivity index (χ4n) is 1.83. The highest BCUT2D eigenvalue weighted by Gasteiger charge is 2.61. The number of rotatable bonds is 4. The molecule has 1 aromatic heterocycles. The van der Waals surface area contributed by atoms with Crippen LogP contribution in [0.15, 0.2) is 5.38 Å². The standard InChI is InChI=1S/C11H11F5N2O2S/c12-10(13,9(20)2-1-3-9)8(19)17-4-7-18-6(5-21-7)11(14,15)16/h5,20H,1-4H2,(H,17,19). The Morgan fingerprint density at radius 1 is 1.38 bits per heavy atom. The summed E-state index contributed by atoms with van der Waals surface area (Å²) in [7, 11) is 0. The molecule has 1 aromatic rings. The van der Waals surface area contributed by atoms with Crippen LogP contribution in [0, 0.1) is 0 Å². The molecule has 0 saturated heterocycles. The van der Waals surface area contributed by atoms with E-state index in [2.05, 4.69) is 4.98 Å². The van der Waals surface area contributed by atoms with Crippen molar-refractivity contribution in [3.8, 4) is 0 Å². The summed E-state index contributed by atoms with van der Waals surface area (Å²) in [6, 6.07) is 0. The molecule has 4 nitrogen and oxygen atoms in total. The molecule has 0 bridgehead atoms. The summed E-state index contributed by atoms with van der Waals surface area (Å²) in [6.45, 7) is -0.550. The molecule has 1 aliphatic rings. The van der Waals surface area contributed by atoms with Crippen LogP contribution in [-0.2, 0) is 17.5 Å². The van der Waals surface area contributed by atoms with Crippen molar-refractivity contribution in [3.05, 3.63) is 16.1 Å². The number of nitrogens with one attached hydrogen (secondary N) is 1. The van der Waals surface area contributed by atoms with Crippen molar-refractivity contribution in [2.75, 3.05) is 0 Å². The van der Waals surface area contributed by atoms with Gasteiger partial charge < -0.3 is 10.4 Å². The van der Waals surface area contributed by atoms with Gasteiger partial charge in [-0.3, -0.25) is 4.79 Å². The minimum atomic E-state index is -4.62. The van der Waals surface area contributed by atoms with E-state index in [-0.39, 0.29) is 17.8 Å². The highest BCUT2D eigenvalue weighted by atomic mass is 32.1. The Bertz CT molecular complexity index is 539. The molecule has 1 fully saturated rings. The molecule has 0 radical (unpaired) electrons. The third-order valence-corrected chi connectivity index (χ3v) is 4.14. The summed E-state index contributed by atoms with van der Waals surface area (Å²) in [4.78, 5) is 14.6. The van der Waals surface area contributed by atoms with Gasteiger partial charge in [-0.1, -0.05) is 0 Å². The van der Waals surface area contributed by atoms with Gasteiger partial charge in [0.1, 0.15) is 10.6 Å². The third kappa shape index (κ3) is 3.00. The lowest BCUT2D eigenvalue weighted by molar-refractivity contribution is -0.216. The van der Waals surface area contributed by atoms with E-state index >= 15 is 0 Å². The van der Waals surface area contributed by atoms with E-state index in [1.54, 1.807) is 0 Å². The maximum Gasteiger partial charge on any atom is 0.434 e. The van der Waals surface area contributed by atoms with Gasteiger partial charge >= 0.3 is 12.1 Å². The summed E-state index contributed by atoms with van der Waals surface area (Å²) >= 11 is 0.603. The number of aliphatic hydroxyl groups is 1. The van der Waals surface area contributed by atoms with Crippen LogP contribution >= 0.6 is 11.3 Å². The van der Waals surface area contributed by atoms with Gasteiger partial charge in [0.2, 0.25) is 0 Å². The van der Waals surface area contributed by atoms with Gasteiger partial charge in [-0.05, 0) is 19.3 Å². The zero-order valence-electron chi connectivity index (χ0n) is 10.5. The zero-order valence-corrected chi connectivity index (χ0v) is 11.3. The Labute approximate surface area is 120 Å². The molecule has 2 N–H and O–H groups in total. The number of halogens is 5. The fraction of sp³-hybridized carbons (Fsp3) is 0.636. The second-order valence-corrected chi connectivity index (χ2v) is 5.71. The number of carbonyl (C=O) groups is 1. The Morgan fingerprint density at radius 2 is 2.00 bits per heavy atom. The smallest absolute Gasteiger partial charge is 0.383 e. The maximum absolute atomic E-state index is 13.7. The highest BCUT2D eigenvalue weighted by Crippen LogP contribution is 2.44. The van der Waals surface area contributed by atoms with E-state index in [4.69, 9.17) is 0 Å². The highest BCUT2D eigenvalue weighted by molar-refractivity contribution is 7.09. The predicted octanol–water partition coefficient (Wildman–Crippen LogP) is 2.33. The van der Waals surface area contributed by atoms with Gasteiger partial charge in [-0.15, -0.1) is 11.3 Å². The third-order valence-electron chi connectivity index (χ3n) is 3.29. The van der Waals surface area contributed by atoms with Crippen molar-refractivity contribution >= 4 is 17.2 Å². The zero-order chi connectivity index (χ0) is 15.9. The van der Waals surface area contributed by atoms with Gasteiger partial charge in [-0.25, -0.2) is 4.98 Å². The lowest BCUT2D eigenvalue weighted by atomic mass is 9.75. The second kappa shape index (κ2) is 5.16. The van der Waals surface area contributed by atoms with E-state index in [1.807, 2.05) is 5.32 Å². The SMILES string of the molecule is O=C(NCc1nc(C(F)(F)F)cs1)C(F)(F)C1(O)CCC1. The molecule has 21 heavy (non-hydrogen) atoms. The Hall–Kier alpha value is -1.29. The quantitative estimate of drug-likeness (QED) is 0.833. The van der Waals surface area contributed by atoms with E-state index in [0.29, 0.717) is 17.8 Å². The Kier molecular flexibility index (Phi) is 3.96. The van der Waals surface area contributed by atoms with Crippen LogP contribution in [0.5, 0.6) is 0 Å². The van der Waals surface area contributed by atoms with E-state index in [0.717, 1.165) is 5.38 Å². The number of hydrogen-bond acceptors (Lipinski definition) is 4. The van der Waals surface area contributed by atoms with Crippen LogP contribution in [-0.4, -0.2) is 27.5 Å². The summed E-state index contributed by atoms with van der Waals surface area (Å²) < 4.78 is 64.3. The van der Waals surface area contributed by atoms with Gasteiger partial charge in [0.25, 0.3) is 5.91 Å². The molecule has 10 heteroatoms. The van der Waals surface area contributed by atoms with Crippen molar-refractivity contribution in [1.29, 1.82) is 0 Å². The molecule has 0 spiro atoms. The topological polar surface area (TPSA) is 62.2 Å². The van der Waals surface area contributed by atoms with Gasteiger partial charge in [0, 0.05) is 5.38 Å². The van der Waals surface area contributed by atoms with Crippen LogP contribution in [0.2, 0.25) is 0 Å². The van der Waals surface area contributed by atoms with Crippen molar-refractivity contribution < 1.29 is 31.9 Å². The molecule has 2 rings (SSSR count). The minimum absolute atomic E-state index is 0.146. The molecule has 1 amide bonds. The predicted molar refractivity (Wildman–Crippen MR) is 62.7 cm³/mol. The van der Waals surface area contributed by atoms with Crippen LogP contribution < -0.4 is 5.32 Å². The van der Waals surface area contributed by atoms with Crippen molar-refractivity contribution in [1.82, 2.24) is 10.3 Å². The average molecular weight is 330 g/mol. The van der Waals surface area contributed by atoms with E-state index < -0.39 is 35.8 Å². The Balaban J connectivity index is 1.97. The summed E-state index contributed by atoms with van der Waals surface area (Å²) in [5, 5.41) is 11.9. The lowest BCUT2D eigenvalue weighted by Gasteiger charge is -2.41. The molecular formula is C11H11F5N2O2S. The number of alkyl halides is 5. The number of carbonyl (C=O) groups excluding carboxylic acids is 1. The molecule has 0 aliphatic heterocycles. The molecule has 1 saturated carbocycles. The number of amides is 1. The van der Waals surface area contributed by atoms with Crippen LogP contribution in [0.1, 0.15) is 30.0 Å². The van der Waals surface area contributed by atoms with Gasteiger partial charge in [0.15, 0.2) is 5.69 Å². The molecule has 0 atom stereocenters. The van der Waals surface area contributed by atoms with Crippen molar-refractivity contribution in [2.24, 2.45) is 0 Å². The average Bonchev–Trinajstić information content (AvgIpc) is 2.81. The van der Waals surface area contributed by atoms with E-state index in [9.17, 15) is 31.9 Å². The van der Waals surface area contributed by atoms with Crippen LogP contribution in [0.3, 0.4) is 0 Å². The summed E-state index contributed by atoms with van der Waals surface area (Å²) in [6.07, 6.45) is -4.61. The molecule has 1 heterocycles. The number of aromatic nitrogens is 1. The van der Waals surface area contributed by atoms with Crippen LogP contribution in [0.25, 0.3) is 0 Å². The largest absolute Gasteiger partial charge is 0.434 e. The first-order chi connectivity index (χ1) is 9.56.